The van der Waals surface area contributed by atoms with Crippen molar-refractivity contribution in [2.75, 3.05) is 20.1 Å². The fourth-order valence-corrected chi connectivity index (χ4v) is 5.68. The maximum absolute atomic E-state index is 13.5. The molecule has 1 heterocycles. The molecule has 0 aromatic heterocycles. The summed E-state index contributed by atoms with van der Waals surface area (Å²) in [5.41, 5.74) is -0.0659. The van der Waals surface area contributed by atoms with Gasteiger partial charge in [-0.25, -0.2) is 0 Å². The average Bonchev–Trinajstić information content (AvgIpc) is 3.60. The number of carbonyl (C=O) groups excluding carboxylic acids is 3. The van der Waals surface area contributed by atoms with E-state index in [4.69, 9.17) is 16.3 Å². The quantitative estimate of drug-likeness (QED) is 0.0824. The van der Waals surface area contributed by atoms with Crippen molar-refractivity contribution in [3.63, 3.8) is 0 Å². The summed E-state index contributed by atoms with van der Waals surface area (Å²) in [6, 6.07) is 13.5. The minimum absolute atomic E-state index is 0. The minimum Gasteiger partial charge on any atom is -0.478 e. The molecule has 1 atom stereocenters. The summed E-state index contributed by atoms with van der Waals surface area (Å²) in [7, 11) is 1.78. The van der Waals surface area contributed by atoms with E-state index < -0.39 is 5.60 Å². The number of benzene rings is 2. The maximum Gasteiger partial charge on any atom is 0.266 e. The third-order valence-electron chi connectivity index (χ3n) is 8.41. The summed E-state index contributed by atoms with van der Waals surface area (Å²) in [4.78, 5) is 42.7. The molecule has 1 aliphatic heterocycles. The van der Waals surface area contributed by atoms with Crippen LogP contribution in [0.4, 0.5) is 0 Å². The molecule has 0 bridgehead atoms. The number of hydrogen-bond acceptors (Lipinski definition) is 4. The monoisotopic (exact) mass is 718 g/mol. The van der Waals surface area contributed by atoms with Gasteiger partial charge in [0.2, 0.25) is 5.91 Å². The number of ether oxygens (including phenoxy) is 1. The molecule has 0 spiro atoms. The summed E-state index contributed by atoms with van der Waals surface area (Å²) in [5, 5.41) is 0.571. The Hall–Kier alpha value is -3.81. The molecule has 2 aromatic rings. The Morgan fingerprint density at radius 1 is 0.820 bits per heavy atom. The molecule has 0 saturated carbocycles. The number of amides is 2. The Balaban J connectivity index is 0.00000867. The topological polar surface area (TPSA) is 66.9 Å². The van der Waals surface area contributed by atoms with Crippen molar-refractivity contribution in [1.82, 2.24) is 9.80 Å². The molecule has 6 nitrogen and oxygen atoms in total. The fourth-order valence-electron chi connectivity index (χ4n) is 5.55. The second kappa shape index (κ2) is 22.8. The summed E-state index contributed by atoms with van der Waals surface area (Å²) >= 11 is 5.94. The highest BCUT2D eigenvalue weighted by Crippen LogP contribution is 2.25. The van der Waals surface area contributed by atoms with Crippen molar-refractivity contribution in [1.29, 1.82) is 0 Å². The minimum atomic E-state index is -1.13. The van der Waals surface area contributed by atoms with E-state index in [0.717, 1.165) is 51.4 Å². The average molecular weight is 719 g/mol. The molecule has 1 saturated heterocycles. The molecule has 0 radical (unpaired) electrons. The van der Waals surface area contributed by atoms with Gasteiger partial charge in [0.25, 0.3) is 5.91 Å². The maximum atomic E-state index is 13.5. The molecule has 1 fully saturated rings. The van der Waals surface area contributed by atoms with Gasteiger partial charge in [0.15, 0.2) is 11.4 Å². The van der Waals surface area contributed by atoms with Crippen LogP contribution < -0.4 is 4.74 Å². The van der Waals surface area contributed by atoms with E-state index in [1.54, 1.807) is 74.3 Å². The number of likely N-dealkylation sites (N-methyl/N-ethyl adjacent to an activating group) is 1. The Kier molecular flexibility index (Phi) is 19.3. The zero-order valence-electron chi connectivity index (χ0n) is 30.2. The molecule has 1 aliphatic rings. The number of carbonyl (C=O) groups is 3. The summed E-state index contributed by atoms with van der Waals surface area (Å²) in [6.45, 7) is 6.80. The van der Waals surface area contributed by atoms with Crippen molar-refractivity contribution >= 4 is 42.7 Å². The van der Waals surface area contributed by atoms with Crippen LogP contribution in [0.3, 0.4) is 0 Å². The van der Waals surface area contributed by atoms with Crippen LogP contribution in [0.5, 0.6) is 5.75 Å². The van der Waals surface area contributed by atoms with Gasteiger partial charge in [-0.3, -0.25) is 14.4 Å². The zero-order valence-corrected chi connectivity index (χ0v) is 31.9. The standard InChI is InChI=1S/C42H53ClN2O4.H2S/c1-5-6-7-8-9-10-11-12-13-14-15-16-17-18-19-20-21-22-39(46)45-32-31-37(33-45)44(4)41(48)42(2,3)49-38-29-25-35(26-30-38)40(47)34-23-27-36(43)28-24-34;/h6-7,9-10,12-13,15-16,18-19,23-30,37H,5,8,11,14,17,20-22,31-33H2,1-4H3;1H2/b7-6-,10-9-,13-12-,16-15-,19-18-;/t37-;/m0./s1. The number of allylic oxidation sites excluding steroid dienone is 10. The number of halogens is 1. The van der Waals surface area contributed by atoms with Crippen LogP contribution in [-0.4, -0.2) is 59.2 Å². The normalized spacial score (nSPS) is 15.1. The lowest BCUT2D eigenvalue weighted by Crippen LogP contribution is -2.51. The predicted octanol–water partition coefficient (Wildman–Crippen LogP) is 9.82. The summed E-state index contributed by atoms with van der Waals surface area (Å²) in [5.74, 6) is 0.355. The van der Waals surface area contributed by atoms with Gasteiger partial charge >= 0.3 is 0 Å². The Morgan fingerprint density at radius 3 is 1.86 bits per heavy atom. The lowest BCUT2D eigenvalue weighted by atomic mass is 10.0. The van der Waals surface area contributed by atoms with Gasteiger partial charge in [-0.1, -0.05) is 79.3 Å². The highest BCUT2D eigenvalue weighted by molar-refractivity contribution is 7.59. The van der Waals surface area contributed by atoms with E-state index >= 15 is 0 Å². The second-order valence-electron chi connectivity index (χ2n) is 12.8. The summed E-state index contributed by atoms with van der Waals surface area (Å²) < 4.78 is 6.10. The van der Waals surface area contributed by atoms with Crippen LogP contribution in [0, 0.1) is 0 Å². The third kappa shape index (κ3) is 14.6. The number of unbranched alkanes of at least 4 members (excludes halogenated alkanes) is 1. The zero-order chi connectivity index (χ0) is 35.5. The first-order valence-corrected chi connectivity index (χ1v) is 17.9. The van der Waals surface area contributed by atoms with Crippen molar-refractivity contribution in [2.24, 2.45) is 0 Å². The van der Waals surface area contributed by atoms with Crippen molar-refractivity contribution < 1.29 is 19.1 Å². The van der Waals surface area contributed by atoms with Crippen molar-refractivity contribution in [2.45, 2.75) is 90.2 Å². The molecule has 8 heteroatoms. The number of ketones is 1. The Morgan fingerprint density at radius 2 is 1.32 bits per heavy atom. The predicted molar refractivity (Wildman–Crippen MR) is 212 cm³/mol. The van der Waals surface area contributed by atoms with Crippen molar-refractivity contribution in [3.05, 3.63) is 125 Å². The first-order chi connectivity index (χ1) is 23.6. The number of likely N-dealkylation sites (tertiary alicyclic amines) is 1. The van der Waals surface area contributed by atoms with E-state index in [1.807, 2.05) is 4.90 Å². The van der Waals surface area contributed by atoms with Gasteiger partial charge in [-0.15, -0.1) is 0 Å². The molecule has 0 N–H and O–H groups in total. The SMILES string of the molecule is CC/C=C\C/C=C\C/C=C\C/C=C\C/C=C\CCCC(=O)N1CC[C@H](N(C)C(=O)C(C)(C)Oc2ccc(C(=O)c3ccc(Cl)cc3)cc2)C1.S. The second-order valence-corrected chi connectivity index (χ2v) is 13.2. The lowest BCUT2D eigenvalue weighted by molar-refractivity contribution is -0.146. The van der Waals surface area contributed by atoms with Crippen LogP contribution in [0.15, 0.2) is 109 Å². The number of rotatable bonds is 19. The number of hydrogen-bond donors (Lipinski definition) is 0. The smallest absolute Gasteiger partial charge is 0.266 e. The fraction of sp³-hybridized carbons (Fsp3) is 0.405. The summed E-state index contributed by atoms with van der Waals surface area (Å²) in [6.07, 6.45) is 29.7. The molecular formula is C42H55ClN2O4S. The highest BCUT2D eigenvalue weighted by Gasteiger charge is 2.38. The van der Waals surface area contributed by atoms with Crippen LogP contribution in [0.25, 0.3) is 0 Å². The van der Waals surface area contributed by atoms with Gasteiger partial charge in [-0.05, 0) is 114 Å². The molecule has 2 aromatic carbocycles. The van der Waals surface area contributed by atoms with Gasteiger partial charge < -0.3 is 14.5 Å². The molecule has 270 valence electrons. The van der Waals surface area contributed by atoms with Crippen LogP contribution in [0.1, 0.15) is 94.5 Å². The van der Waals surface area contributed by atoms with Gasteiger partial charge in [0.1, 0.15) is 5.75 Å². The van der Waals surface area contributed by atoms with Crippen LogP contribution in [0.2, 0.25) is 5.02 Å². The molecule has 50 heavy (non-hydrogen) atoms. The molecular weight excluding hydrogens is 664 g/mol. The molecule has 0 unspecified atom stereocenters. The van der Waals surface area contributed by atoms with E-state index in [-0.39, 0.29) is 37.1 Å². The number of nitrogens with zero attached hydrogens (tertiary/aromatic N) is 2. The Labute approximate surface area is 312 Å². The van der Waals surface area contributed by atoms with E-state index in [9.17, 15) is 14.4 Å². The van der Waals surface area contributed by atoms with E-state index in [2.05, 4.69) is 67.7 Å². The molecule has 3 rings (SSSR count). The first kappa shape index (κ1) is 42.4. The lowest BCUT2D eigenvalue weighted by Gasteiger charge is -2.33. The van der Waals surface area contributed by atoms with Gasteiger partial charge in [-0.2, -0.15) is 13.5 Å². The molecule has 0 aliphatic carbocycles. The van der Waals surface area contributed by atoms with E-state index in [1.165, 1.54) is 0 Å². The van der Waals surface area contributed by atoms with Crippen molar-refractivity contribution in [3.8, 4) is 5.75 Å². The first-order valence-electron chi connectivity index (χ1n) is 17.5. The molecule has 2 amide bonds. The third-order valence-corrected chi connectivity index (χ3v) is 8.67. The van der Waals surface area contributed by atoms with Gasteiger partial charge in [0, 0.05) is 42.7 Å². The van der Waals surface area contributed by atoms with E-state index in [0.29, 0.717) is 41.4 Å². The van der Waals surface area contributed by atoms with Crippen LogP contribution in [-0.2, 0) is 9.59 Å². The van der Waals surface area contributed by atoms with Gasteiger partial charge in [0.05, 0.1) is 6.04 Å². The highest BCUT2D eigenvalue weighted by atomic mass is 35.5. The Bertz CT molecular complexity index is 1490. The van der Waals surface area contributed by atoms with Crippen LogP contribution >= 0.6 is 25.1 Å². The largest absolute Gasteiger partial charge is 0.478 e.